The van der Waals surface area contributed by atoms with Crippen molar-refractivity contribution in [1.82, 2.24) is 0 Å². The van der Waals surface area contributed by atoms with Gasteiger partial charge in [0.1, 0.15) is 0 Å². The first kappa shape index (κ1) is 19.0. The lowest BCUT2D eigenvalue weighted by Gasteiger charge is -2.10. The molecule has 0 fully saturated rings. The molecule has 116 valence electrons. The van der Waals surface area contributed by atoms with E-state index in [9.17, 15) is 0 Å². The molecule has 0 unspecified atom stereocenters. The molecule has 0 saturated carbocycles. The van der Waals surface area contributed by atoms with Crippen LogP contribution in [-0.2, 0) is 0 Å². The van der Waals surface area contributed by atoms with E-state index in [1.54, 1.807) is 0 Å². The summed E-state index contributed by atoms with van der Waals surface area (Å²) in [4.78, 5) is 0. The molecule has 0 bridgehead atoms. The summed E-state index contributed by atoms with van der Waals surface area (Å²) in [6, 6.07) is 0. The quantitative estimate of drug-likeness (QED) is 0.357. The number of hydrogen-bond donors (Lipinski definition) is 1. The van der Waals surface area contributed by atoms with Crippen LogP contribution in [0.2, 0.25) is 0 Å². The van der Waals surface area contributed by atoms with E-state index < -0.39 is 0 Å². The van der Waals surface area contributed by atoms with Gasteiger partial charge in [-0.2, -0.15) is 0 Å². The highest BCUT2D eigenvalue weighted by Crippen LogP contribution is 2.18. The van der Waals surface area contributed by atoms with Gasteiger partial charge in [0.15, 0.2) is 0 Å². The minimum Gasteiger partial charge on any atom is -0.396 e. The normalized spacial score (nSPS) is 12.8. The number of aliphatic hydroxyl groups excluding tert-OH is 1. The lowest BCUT2D eigenvalue weighted by atomic mass is 9.96. The summed E-state index contributed by atoms with van der Waals surface area (Å²) in [6.45, 7) is 5.09. The Bertz CT molecular complexity index is 156. The van der Waals surface area contributed by atoms with Gasteiger partial charge in [-0.25, -0.2) is 0 Å². The first-order valence-electron chi connectivity index (χ1n) is 8.92. The highest BCUT2D eigenvalue weighted by Gasteiger charge is 2.01. The summed E-state index contributed by atoms with van der Waals surface area (Å²) in [5.74, 6) is 0.946. The fourth-order valence-electron chi connectivity index (χ4n) is 2.73. The molecule has 0 spiro atoms. The maximum Gasteiger partial charge on any atom is 0.0431 e. The number of hydrogen-bond acceptors (Lipinski definition) is 1. The van der Waals surface area contributed by atoms with Crippen molar-refractivity contribution in [2.75, 3.05) is 6.61 Å². The van der Waals surface area contributed by atoms with Crippen LogP contribution < -0.4 is 0 Å². The van der Waals surface area contributed by atoms with Crippen molar-refractivity contribution >= 4 is 0 Å². The summed E-state index contributed by atoms with van der Waals surface area (Å²) in [6.07, 6.45) is 19.1. The van der Waals surface area contributed by atoms with Crippen LogP contribution in [0.4, 0.5) is 0 Å². The summed E-state index contributed by atoms with van der Waals surface area (Å²) in [5.41, 5.74) is 0. The fraction of sp³-hybridized carbons (Fsp3) is 1.00. The predicted molar refractivity (Wildman–Crippen MR) is 86.6 cm³/mol. The van der Waals surface area contributed by atoms with Crippen LogP contribution in [-0.4, -0.2) is 11.7 Å². The summed E-state index contributed by atoms with van der Waals surface area (Å²) in [5, 5.41) is 8.68. The largest absolute Gasteiger partial charge is 0.396 e. The van der Waals surface area contributed by atoms with Gasteiger partial charge in [0.05, 0.1) is 0 Å². The van der Waals surface area contributed by atoms with E-state index in [0.29, 0.717) is 6.61 Å². The molecule has 0 aromatic carbocycles. The summed E-state index contributed by atoms with van der Waals surface area (Å²) < 4.78 is 0. The zero-order valence-corrected chi connectivity index (χ0v) is 13.6. The molecule has 0 aliphatic heterocycles. The second kappa shape index (κ2) is 16.0. The Kier molecular flexibility index (Phi) is 16.0. The Morgan fingerprint density at radius 2 is 1.05 bits per heavy atom. The highest BCUT2D eigenvalue weighted by molar-refractivity contribution is 4.55. The Morgan fingerprint density at radius 1 is 0.632 bits per heavy atom. The Morgan fingerprint density at radius 3 is 1.53 bits per heavy atom. The van der Waals surface area contributed by atoms with Gasteiger partial charge in [-0.3, -0.25) is 0 Å². The van der Waals surface area contributed by atoms with Gasteiger partial charge in [0, 0.05) is 6.61 Å². The van der Waals surface area contributed by atoms with Crippen molar-refractivity contribution in [3.63, 3.8) is 0 Å². The third kappa shape index (κ3) is 15.9. The van der Waals surface area contributed by atoms with Gasteiger partial charge in [0.25, 0.3) is 0 Å². The first-order chi connectivity index (χ1) is 9.31. The third-order valence-corrected chi connectivity index (χ3v) is 4.16. The average Bonchev–Trinajstić information content (AvgIpc) is 2.42. The lowest BCUT2D eigenvalue weighted by molar-refractivity contribution is 0.282. The molecular weight excluding hydrogens is 232 g/mol. The van der Waals surface area contributed by atoms with Crippen molar-refractivity contribution in [1.29, 1.82) is 0 Å². The standard InChI is InChI=1S/C18H38O/c1-3-4-5-12-15-18(2)16-13-10-8-6-7-9-11-14-17-19/h18-19H,3-17H2,1-2H3/t18-/m0/s1. The van der Waals surface area contributed by atoms with Gasteiger partial charge >= 0.3 is 0 Å². The maximum atomic E-state index is 8.68. The van der Waals surface area contributed by atoms with E-state index >= 15 is 0 Å². The van der Waals surface area contributed by atoms with Gasteiger partial charge in [0.2, 0.25) is 0 Å². The molecule has 0 aliphatic rings. The minimum atomic E-state index is 0.371. The van der Waals surface area contributed by atoms with E-state index in [4.69, 9.17) is 5.11 Å². The number of unbranched alkanes of at least 4 members (excludes halogenated alkanes) is 10. The SMILES string of the molecule is CCCCCC[C@H](C)CCCCCCCCCCO. The lowest BCUT2D eigenvalue weighted by Crippen LogP contribution is -1.95. The topological polar surface area (TPSA) is 20.2 Å². The summed E-state index contributed by atoms with van der Waals surface area (Å²) in [7, 11) is 0. The van der Waals surface area contributed by atoms with E-state index in [1.807, 2.05) is 0 Å². The smallest absolute Gasteiger partial charge is 0.0431 e. The van der Waals surface area contributed by atoms with Crippen LogP contribution in [0.3, 0.4) is 0 Å². The molecule has 1 N–H and O–H groups in total. The van der Waals surface area contributed by atoms with E-state index in [1.165, 1.54) is 83.5 Å². The van der Waals surface area contributed by atoms with Gasteiger partial charge in [-0.1, -0.05) is 97.3 Å². The molecule has 0 radical (unpaired) electrons. The number of aliphatic hydroxyl groups is 1. The predicted octanol–water partition coefficient (Wildman–Crippen LogP) is 6.10. The maximum absolute atomic E-state index is 8.68. The minimum absolute atomic E-state index is 0.371. The second-order valence-corrected chi connectivity index (χ2v) is 6.30. The molecule has 0 aromatic heterocycles. The zero-order chi connectivity index (χ0) is 14.2. The molecule has 0 heterocycles. The van der Waals surface area contributed by atoms with Crippen molar-refractivity contribution in [2.24, 2.45) is 5.92 Å². The molecule has 0 rings (SSSR count). The van der Waals surface area contributed by atoms with E-state index in [2.05, 4.69) is 13.8 Å². The van der Waals surface area contributed by atoms with E-state index in [0.717, 1.165) is 12.3 Å². The zero-order valence-electron chi connectivity index (χ0n) is 13.6. The Hall–Kier alpha value is -0.0400. The monoisotopic (exact) mass is 270 g/mol. The van der Waals surface area contributed by atoms with Gasteiger partial charge in [-0.05, 0) is 12.3 Å². The molecule has 0 aliphatic carbocycles. The Labute approximate surface area is 122 Å². The highest BCUT2D eigenvalue weighted by atomic mass is 16.2. The molecule has 0 aromatic rings. The van der Waals surface area contributed by atoms with Crippen molar-refractivity contribution < 1.29 is 5.11 Å². The molecule has 1 nitrogen and oxygen atoms in total. The van der Waals surface area contributed by atoms with Gasteiger partial charge < -0.3 is 5.11 Å². The summed E-state index contributed by atoms with van der Waals surface area (Å²) >= 11 is 0. The molecule has 0 saturated heterocycles. The van der Waals surface area contributed by atoms with Crippen LogP contribution in [0.25, 0.3) is 0 Å². The first-order valence-corrected chi connectivity index (χ1v) is 8.92. The molecule has 0 amide bonds. The number of rotatable bonds is 15. The van der Waals surface area contributed by atoms with Crippen LogP contribution in [0, 0.1) is 5.92 Å². The van der Waals surface area contributed by atoms with Crippen molar-refractivity contribution in [3.8, 4) is 0 Å². The average molecular weight is 271 g/mol. The molecule has 19 heavy (non-hydrogen) atoms. The molecule has 1 heteroatoms. The van der Waals surface area contributed by atoms with Crippen molar-refractivity contribution in [2.45, 2.75) is 104 Å². The van der Waals surface area contributed by atoms with Gasteiger partial charge in [-0.15, -0.1) is 0 Å². The van der Waals surface area contributed by atoms with Crippen molar-refractivity contribution in [3.05, 3.63) is 0 Å². The van der Waals surface area contributed by atoms with Crippen LogP contribution in [0.5, 0.6) is 0 Å². The fourth-order valence-corrected chi connectivity index (χ4v) is 2.73. The molecule has 1 atom stereocenters. The third-order valence-electron chi connectivity index (χ3n) is 4.16. The second-order valence-electron chi connectivity index (χ2n) is 6.30. The van der Waals surface area contributed by atoms with Crippen LogP contribution in [0.15, 0.2) is 0 Å². The van der Waals surface area contributed by atoms with E-state index in [-0.39, 0.29) is 0 Å². The Balaban J connectivity index is 3.07. The van der Waals surface area contributed by atoms with Crippen LogP contribution >= 0.6 is 0 Å². The molecular formula is C18H38O. The van der Waals surface area contributed by atoms with Crippen LogP contribution in [0.1, 0.15) is 104 Å².